The molecule has 5 nitrogen and oxygen atoms in total. The summed E-state index contributed by atoms with van der Waals surface area (Å²) >= 11 is 6.87. The highest BCUT2D eigenvalue weighted by Gasteiger charge is 2.20. The van der Waals surface area contributed by atoms with Crippen LogP contribution >= 0.6 is 23.6 Å². The summed E-state index contributed by atoms with van der Waals surface area (Å²) in [4.78, 5) is 12.2. The molecule has 0 fully saturated rings. The van der Waals surface area contributed by atoms with E-state index < -0.39 is 0 Å². The lowest BCUT2D eigenvalue weighted by Crippen LogP contribution is -2.16. The molecule has 0 aliphatic rings. The lowest BCUT2D eigenvalue weighted by atomic mass is 9.99. The van der Waals surface area contributed by atoms with E-state index in [1.54, 1.807) is 30.4 Å². The van der Waals surface area contributed by atoms with Crippen LogP contribution in [0.1, 0.15) is 48.1 Å². The molecule has 32 heavy (non-hydrogen) atoms. The van der Waals surface area contributed by atoms with E-state index in [2.05, 4.69) is 0 Å². The molecule has 2 aromatic carbocycles. The van der Waals surface area contributed by atoms with E-state index in [1.165, 1.54) is 0 Å². The Kier molecular flexibility index (Phi) is 8.64. The number of carbonyl (C=O) groups excluding carboxylic acids is 1. The first-order valence-corrected chi connectivity index (χ1v) is 11.8. The van der Waals surface area contributed by atoms with Gasteiger partial charge in [0.25, 0.3) is 0 Å². The molecule has 168 valence electrons. The monoisotopic (exact) mass is 469 g/mol. The number of nitrogens with two attached hydrogens (primary N) is 1. The van der Waals surface area contributed by atoms with E-state index >= 15 is 0 Å². The number of benzene rings is 2. The molecule has 0 radical (unpaired) electrons. The average molecular weight is 470 g/mol. The summed E-state index contributed by atoms with van der Waals surface area (Å²) in [6, 6.07) is 15.4. The minimum Gasteiger partial charge on any atom is -0.489 e. The molecule has 0 saturated carbocycles. The largest absolute Gasteiger partial charge is 0.489 e. The van der Waals surface area contributed by atoms with Crippen molar-refractivity contribution in [2.45, 2.75) is 39.4 Å². The van der Waals surface area contributed by atoms with Crippen LogP contribution in [0.3, 0.4) is 0 Å². The Morgan fingerprint density at radius 2 is 2.00 bits per heavy atom. The molecule has 0 spiro atoms. The molecule has 7 heteroatoms. The van der Waals surface area contributed by atoms with Crippen LogP contribution in [0.2, 0.25) is 0 Å². The van der Waals surface area contributed by atoms with Crippen LogP contribution in [0, 0.1) is 6.92 Å². The van der Waals surface area contributed by atoms with Crippen LogP contribution in [-0.4, -0.2) is 17.6 Å². The van der Waals surface area contributed by atoms with Gasteiger partial charge < -0.3 is 19.9 Å². The molecule has 1 atom stereocenters. The van der Waals surface area contributed by atoms with Crippen LogP contribution in [0.4, 0.5) is 0 Å². The second kappa shape index (κ2) is 11.6. The van der Waals surface area contributed by atoms with Crippen molar-refractivity contribution in [1.29, 1.82) is 0 Å². The Hall–Kier alpha value is -2.90. The Labute approximate surface area is 198 Å². The summed E-state index contributed by atoms with van der Waals surface area (Å²) in [6.07, 6.45) is 0.324. The van der Waals surface area contributed by atoms with Crippen LogP contribution in [-0.2, 0) is 16.1 Å². The number of thiocarbonyl (C=S) groups is 1. The maximum atomic E-state index is 12.0. The first kappa shape index (κ1) is 23.8. The van der Waals surface area contributed by atoms with Crippen molar-refractivity contribution in [1.82, 2.24) is 0 Å². The van der Waals surface area contributed by atoms with Crippen molar-refractivity contribution in [2.24, 2.45) is 5.73 Å². The van der Waals surface area contributed by atoms with Gasteiger partial charge in [-0.25, -0.2) is 0 Å². The number of aryl methyl sites for hydroxylation is 1. The summed E-state index contributed by atoms with van der Waals surface area (Å²) in [7, 11) is 0. The number of thiophene rings is 1. The van der Waals surface area contributed by atoms with Crippen molar-refractivity contribution in [3.05, 3.63) is 81.5 Å². The lowest BCUT2D eigenvalue weighted by molar-refractivity contribution is -0.143. The molecule has 0 bridgehead atoms. The number of hydrogen-bond donors (Lipinski definition) is 1. The average Bonchev–Trinajstić information content (AvgIpc) is 3.29. The molecule has 3 aromatic rings. The van der Waals surface area contributed by atoms with E-state index in [1.807, 2.05) is 54.1 Å². The summed E-state index contributed by atoms with van der Waals surface area (Å²) in [5, 5.41) is 4.06. The summed E-state index contributed by atoms with van der Waals surface area (Å²) in [6.45, 7) is 4.62. The number of rotatable bonds is 11. The highest BCUT2D eigenvalue weighted by molar-refractivity contribution is 7.80. The minimum absolute atomic E-state index is 0.235. The van der Waals surface area contributed by atoms with Gasteiger partial charge in [0, 0.05) is 12.5 Å². The third kappa shape index (κ3) is 6.55. The maximum absolute atomic E-state index is 12.0. The van der Waals surface area contributed by atoms with E-state index in [0.29, 0.717) is 36.7 Å². The smallest absolute Gasteiger partial charge is 0.305 e. The summed E-state index contributed by atoms with van der Waals surface area (Å²) in [5.41, 5.74) is 9.75. The molecular weight excluding hydrogens is 442 g/mol. The molecule has 1 aromatic heterocycles. The van der Waals surface area contributed by atoms with Gasteiger partial charge in [-0.05, 0) is 65.9 Å². The first-order valence-electron chi connectivity index (χ1n) is 10.4. The van der Waals surface area contributed by atoms with Crippen LogP contribution < -0.4 is 15.2 Å². The van der Waals surface area contributed by atoms with Crippen molar-refractivity contribution in [3.63, 3.8) is 0 Å². The van der Waals surface area contributed by atoms with Crippen LogP contribution in [0.5, 0.6) is 11.5 Å². The normalized spacial score (nSPS) is 11.6. The standard InChI is InChI=1S/C25H27NO4S2/c1-3-28-24(27)11-10-22(20-7-5-4-6-17(20)2)30-23-14-19(8-9-21(23)25(26)31)29-15-18-12-13-32-16-18/h4-9,12-14,16,22H,3,10-11,15H2,1-2H3,(H2,26,31). The van der Waals surface area contributed by atoms with Gasteiger partial charge in [-0.15, -0.1) is 0 Å². The topological polar surface area (TPSA) is 70.8 Å². The van der Waals surface area contributed by atoms with Gasteiger partial charge in [-0.2, -0.15) is 11.3 Å². The van der Waals surface area contributed by atoms with Crippen LogP contribution in [0.25, 0.3) is 0 Å². The second-order valence-electron chi connectivity index (χ2n) is 7.25. The van der Waals surface area contributed by atoms with Gasteiger partial charge in [-0.3, -0.25) is 4.79 Å². The number of carbonyl (C=O) groups is 1. The summed E-state index contributed by atoms with van der Waals surface area (Å²) < 4.78 is 17.5. The van der Waals surface area contributed by atoms with Crippen molar-refractivity contribution < 1.29 is 19.0 Å². The molecule has 1 unspecified atom stereocenters. The molecular formula is C25H27NO4S2. The number of ether oxygens (including phenoxy) is 3. The fraction of sp³-hybridized carbons (Fsp3) is 0.280. The predicted molar refractivity (Wildman–Crippen MR) is 131 cm³/mol. The maximum Gasteiger partial charge on any atom is 0.305 e. The molecule has 0 aliphatic heterocycles. The fourth-order valence-electron chi connectivity index (χ4n) is 3.30. The highest BCUT2D eigenvalue weighted by atomic mass is 32.1. The van der Waals surface area contributed by atoms with Gasteiger partial charge in [0.05, 0.1) is 12.2 Å². The zero-order chi connectivity index (χ0) is 22.9. The minimum atomic E-state index is -0.374. The second-order valence-corrected chi connectivity index (χ2v) is 8.47. The lowest BCUT2D eigenvalue weighted by Gasteiger charge is -2.23. The third-order valence-electron chi connectivity index (χ3n) is 4.92. The van der Waals surface area contributed by atoms with Crippen molar-refractivity contribution in [3.8, 4) is 11.5 Å². The predicted octanol–water partition coefficient (Wildman–Crippen LogP) is 5.73. The van der Waals surface area contributed by atoms with Gasteiger partial charge in [0.1, 0.15) is 29.2 Å². The number of esters is 1. The van der Waals surface area contributed by atoms with E-state index in [9.17, 15) is 4.79 Å². The quantitative estimate of drug-likeness (QED) is 0.285. The van der Waals surface area contributed by atoms with Gasteiger partial charge >= 0.3 is 5.97 Å². The molecule has 0 saturated heterocycles. The van der Waals surface area contributed by atoms with Gasteiger partial charge in [0.15, 0.2) is 0 Å². The fourth-order valence-corrected chi connectivity index (χ4v) is 4.12. The Morgan fingerprint density at radius 1 is 1.19 bits per heavy atom. The molecule has 0 aliphatic carbocycles. The third-order valence-corrected chi connectivity index (χ3v) is 5.88. The molecule has 3 rings (SSSR count). The molecule has 2 N–H and O–H groups in total. The SMILES string of the molecule is CCOC(=O)CCC(Oc1cc(OCc2ccsc2)ccc1C(N)=S)c1ccccc1C. The van der Waals surface area contributed by atoms with Crippen molar-refractivity contribution in [2.75, 3.05) is 6.61 Å². The highest BCUT2D eigenvalue weighted by Crippen LogP contribution is 2.33. The van der Waals surface area contributed by atoms with Crippen LogP contribution in [0.15, 0.2) is 59.3 Å². The number of hydrogen-bond acceptors (Lipinski definition) is 6. The zero-order valence-electron chi connectivity index (χ0n) is 18.2. The van der Waals surface area contributed by atoms with Gasteiger partial charge in [0.2, 0.25) is 0 Å². The Morgan fingerprint density at radius 3 is 2.69 bits per heavy atom. The zero-order valence-corrected chi connectivity index (χ0v) is 19.8. The first-order chi connectivity index (χ1) is 15.5. The summed E-state index contributed by atoms with van der Waals surface area (Å²) in [5.74, 6) is 0.926. The van der Waals surface area contributed by atoms with E-state index in [0.717, 1.165) is 16.7 Å². The Bertz CT molecular complexity index is 1050. The molecule has 1 heterocycles. The van der Waals surface area contributed by atoms with E-state index in [4.69, 9.17) is 32.2 Å². The molecule has 0 amide bonds. The van der Waals surface area contributed by atoms with Gasteiger partial charge in [-0.1, -0.05) is 36.5 Å². The van der Waals surface area contributed by atoms with E-state index in [-0.39, 0.29) is 23.5 Å². The Balaban J connectivity index is 1.86. The van der Waals surface area contributed by atoms with Crippen molar-refractivity contribution >= 4 is 34.5 Å².